The van der Waals surface area contributed by atoms with E-state index in [2.05, 4.69) is 15.3 Å². The minimum atomic E-state index is -1.14. The molecule has 2 aromatic heterocycles. The van der Waals surface area contributed by atoms with Crippen molar-refractivity contribution in [1.82, 2.24) is 15.3 Å². The first-order valence-corrected chi connectivity index (χ1v) is 9.39. The Morgan fingerprint density at radius 3 is 2.50 bits per heavy atom. The summed E-state index contributed by atoms with van der Waals surface area (Å²) in [4.78, 5) is 31.8. The van der Waals surface area contributed by atoms with E-state index in [9.17, 15) is 14.7 Å². The molecule has 0 fully saturated rings. The van der Waals surface area contributed by atoms with Crippen LogP contribution < -0.4 is 10.1 Å². The van der Waals surface area contributed by atoms with Crippen molar-refractivity contribution in [3.8, 4) is 11.6 Å². The molecule has 0 aliphatic carbocycles. The number of fused-ring (bicyclic) bond motifs is 1. The van der Waals surface area contributed by atoms with Gasteiger partial charge in [-0.25, -0.2) is 14.6 Å². The largest absolute Gasteiger partial charge is 0.480 e. The van der Waals surface area contributed by atoms with Gasteiger partial charge in [0.2, 0.25) is 5.88 Å². The Kier molecular flexibility index (Phi) is 6.15. The molecule has 0 saturated heterocycles. The number of amides is 1. The molecule has 1 unspecified atom stereocenters. The van der Waals surface area contributed by atoms with Gasteiger partial charge in [0.1, 0.15) is 17.4 Å². The zero-order valence-corrected chi connectivity index (χ0v) is 17.0. The number of alkyl carbamates (subject to hydrolysis) is 1. The van der Waals surface area contributed by atoms with Crippen molar-refractivity contribution in [2.45, 2.75) is 38.8 Å². The number of nitrogens with zero attached hydrogens (tertiary/aromatic N) is 2. The maximum absolute atomic E-state index is 11.9. The fourth-order valence-electron chi connectivity index (χ4n) is 2.76. The van der Waals surface area contributed by atoms with Crippen LogP contribution in [0.2, 0.25) is 0 Å². The number of benzene rings is 1. The molecule has 1 amide bonds. The molecule has 3 aromatic rings. The number of hydrogen-bond donors (Lipinski definition) is 2. The lowest BCUT2D eigenvalue weighted by Crippen LogP contribution is -2.44. The summed E-state index contributed by atoms with van der Waals surface area (Å²) >= 11 is 0. The number of carboxylic acids is 1. The van der Waals surface area contributed by atoms with Gasteiger partial charge in [0, 0.05) is 35.8 Å². The zero-order valence-electron chi connectivity index (χ0n) is 17.0. The summed E-state index contributed by atoms with van der Waals surface area (Å²) in [5.41, 5.74) is 0.0126. The summed E-state index contributed by atoms with van der Waals surface area (Å²) in [6.45, 7) is 5.13. The van der Waals surface area contributed by atoms with Crippen molar-refractivity contribution in [3.63, 3.8) is 0 Å². The molecule has 0 spiro atoms. The van der Waals surface area contributed by atoms with Gasteiger partial charge in [-0.1, -0.05) is 12.1 Å². The van der Waals surface area contributed by atoms with Crippen molar-refractivity contribution in [2.75, 3.05) is 0 Å². The Labute approximate surface area is 173 Å². The average Bonchev–Trinajstić information content (AvgIpc) is 2.67. The van der Waals surface area contributed by atoms with Crippen molar-refractivity contribution in [1.29, 1.82) is 0 Å². The minimum Gasteiger partial charge on any atom is -0.480 e. The summed E-state index contributed by atoms with van der Waals surface area (Å²) in [5, 5.41) is 13.6. The summed E-state index contributed by atoms with van der Waals surface area (Å²) in [7, 11) is 0. The first kappa shape index (κ1) is 21.0. The highest BCUT2D eigenvalue weighted by molar-refractivity contribution is 5.86. The van der Waals surface area contributed by atoms with Crippen molar-refractivity contribution in [3.05, 3.63) is 60.6 Å². The van der Waals surface area contributed by atoms with Crippen molar-refractivity contribution in [2.24, 2.45) is 0 Å². The molecule has 3 rings (SSSR count). The first-order valence-electron chi connectivity index (χ1n) is 9.39. The smallest absolute Gasteiger partial charge is 0.408 e. The van der Waals surface area contributed by atoms with Gasteiger partial charge in [0.05, 0.1) is 0 Å². The third kappa shape index (κ3) is 5.66. The van der Waals surface area contributed by atoms with Crippen LogP contribution in [0.4, 0.5) is 4.79 Å². The van der Waals surface area contributed by atoms with E-state index in [0.29, 0.717) is 11.6 Å². The van der Waals surface area contributed by atoms with E-state index >= 15 is 0 Å². The van der Waals surface area contributed by atoms with Gasteiger partial charge in [-0.05, 0) is 50.6 Å². The molecule has 0 radical (unpaired) electrons. The maximum Gasteiger partial charge on any atom is 0.408 e. The highest BCUT2D eigenvalue weighted by Crippen LogP contribution is 2.27. The van der Waals surface area contributed by atoms with E-state index in [1.54, 1.807) is 63.6 Å². The van der Waals surface area contributed by atoms with E-state index in [0.717, 1.165) is 16.3 Å². The predicted molar refractivity (Wildman–Crippen MR) is 111 cm³/mol. The first-order chi connectivity index (χ1) is 14.2. The van der Waals surface area contributed by atoms with Crippen molar-refractivity contribution >= 4 is 22.8 Å². The SMILES string of the molecule is CC(C)(C)OC(=O)NC(Cc1ccc(Oc2nccc3cnccc23)cc1)C(=O)O. The van der Waals surface area contributed by atoms with Gasteiger partial charge in [-0.3, -0.25) is 4.98 Å². The fraction of sp³-hybridized carbons (Fsp3) is 0.273. The number of nitrogens with one attached hydrogen (secondary N) is 1. The van der Waals surface area contributed by atoms with Crippen LogP contribution in [-0.4, -0.2) is 38.8 Å². The number of hydrogen-bond acceptors (Lipinski definition) is 6. The average molecular weight is 409 g/mol. The Bertz CT molecular complexity index is 1040. The lowest BCUT2D eigenvalue weighted by molar-refractivity contribution is -0.139. The summed E-state index contributed by atoms with van der Waals surface area (Å²) in [6, 6.07) is 9.50. The number of aliphatic carboxylic acids is 1. The molecule has 1 atom stereocenters. The minimum absolute atomic E-state index is 0.104. The van der Waals surface area contributed by atoms with Crippen LogP contribution in [0.3, 0.4) is 0 Å². The highest BCUT2D eigenvalue weighted by Gasteiger charge is 2.24. The van der Waals surface area contributed by atoms with Gasteiger partial charge in [-0.15, -0.1) is 0 Å². The van der Waals surface area contributed by atoms with Crippen LogP contribution in [0.15, 0.2) is 55.0 Å². The maximum atomic E-state index is 11.9. The lowest BCUT2D eigenvalue weighted by Gasteiger charge is -2.22. The van der Waals surface area contributed by atoms with Crippen LogP contribution in [0.25, 0.3) is 10.8 Å². The molecule has 8 nitrogen and oxygen atoms in total. The number of carboxylic acid groups (broad SMARTS) is 1. The van der Waals surface area contributed by atoms with Crippen LogP contribution >= 0.6 is 0 Å². The molecule has 1 aromatic carbocycles. The summed E-state index contributed by atoms with van der Waals surface area (Å²) < 4.78 is 11.0. The molecule has 156 valence electrons. The molecule has 2 N–H and O–H groups in total. The van der Waals surface area contributed by atoms with Crippen LogP contribution in [0.5, 0.6) is 11.6 Å². The van der Waals surface area contributed by atoms with E-state index in [-0.39, 0.29) is 6.42 Å². The third-order valence-corrected chi connectivity index (χ3v) is 4.09. The molecular weight excluding hydrogens is 386 g/mol. The molecule has 2 heterocycles. The molecule has 30 heavy (non-hydrogen) atoms. The Hall–Kier alpha value is -3.68. The fourth-order valence-corrected chi connectivity index (χ4v) is 2.76. The van der Waals surface area contributed by atoms with Crippen LogP contribution in [0.1, 0.15) is 26.3 Å². The highest BCUT2D eigenvalue weighted by atomic mass is 16.6. The number of carbonyl (C=O) groups is 2. The second kappa shape index (κ2) is 8.77. The summed E-state index contributed by atoms with van der Waals surface area (Å²) in [5.74, 6) is -0.130. The summed E-state index contributed by atoms with van der Waals surface area (Å²) in [6.07, 6.45) is 4.38. The molecular formula is C22H23N3O5. The van der Waals surface area contributed by atoms with Gasteiger partial charge < -0.3 is 19.9 Å². The van der Waals surface area contributed by atoms with Gasteiger partial charge in [0.15, 0.2) is 0 Å². The van der Waals surface area contributed by atoms with E-state index in [4.69, 9.17) is 9.47 Å². The van der Waals surface area contributed by atoms with Gasteiger partial charge in [-0.2, -0.15) is 0 Å². The molecule has 0 bridgehead atoms. The zero-order chi connectivity index (χ0) is 21.7. The second-order valence-electron chi connectivity index (χ2n) is 7.70. The van der Waals surface area contributed by atoms with Crippen molar-refractivity contribution < 1.29 is 24.2 Å². The number of pyridine rings is 2. The normalized spacial score (nSPS) is 12.2. The standard InChI is InChI=1S/C22H23N3O5/c1-22(2,3)30-21(28)25-18(20(26)27)12-14-4-6-16(7-5-14)29-19-17-9-10-23-13-15(17)8-11-24-19/h4-11,13,18H,12H2,1-3H3,(H,25,28)(H,26,27). The molecule has 0 aliphatic rings. The van der Waals surface area contributed by atoms with E-state index < -0.39 is 23.7 Å². The monoisotopic (exact) mass is 409 g/mol. The molecule has 0 saturated carbocycles. The topological polar surface area (TPSA) is 111 Å². The van der Waals surface area contributed by atoms with Gasteiger partial charge >= 0.3 is 12.1 Å². The predicted octanol–water partition coefficient (Wildman–Crippen LogP) is 3.94. The Balaban J connectivity index is 1.68. The number of carbonyl (C=O) groups excluding carboxylic acids is 1. The van der Waals surface area contributed by atoms with Crippen LogP contribution in [0, 0.1) is 0 Å². The van der Waals surface area contributed by atoms with Crippen LogP contribution in [-0.2, 0) is 16.0 Å². The number of ether oxygens (including phenoxy) is 2. The van der Waals surface area contributed by atoms with Gasteiger partial charge in [0.25, 0.3) is 0 Å². The van der Waals surface area contributed by atoms with E-state index in [1.807, 2.05) is 12.1 Å². The number of aromatic nitrogens is 2. The second-order valence-corrected chi connectivity index (χ2v) is 7.70. The third-order valence-electron chi connectivity index (χ3n) is 4.09. The lowest BCUT2D eigenvalue weighted by atomic mass is 10.1. The van der Waals surface area contributed by atoms with E-state index in [1.165, 1.54) is 0 Å². The Morgan fingerprint density at radius 2 is 1.83 bits per heavy atom. The Morgan fingerprint density at radius 1 is 1.10 bits per heavy atom. The molecule has 8 heteroatoms. The quantitative estimate of drug-likeness (QED) is 0.634. The molecule has 0 aliphatic heterocycles. The number of rotatable bonds is 6.